The third-order valence-corrected chi connectivity index (χ3v) is 6.06. The van der Waals surface area contributed by atoms with E-state index in [2.05, 4.69) is 58.1 Å². The Morgan fingerprint density at radius 2 is 1.97 bits per heavy atom. The Morgan fingerprint density at radius 1 is 1.22 bits per heavy atom. The van der Waals surface area contributed by atoms with Gasteiger partial charge < -0.3 is 26.0 Å². The van der Waals surface area contributed by atoms with Gasteiger partial charge in [-0.25, -0.2) is 9.98 Å². The molecule has 0 atom stereocenters. The van der Waals surface area contributed by atoms with Crippen LogP contribution in [0.4, 0.5) is 23.0 Å². The van der Waals surface area contributed by atoms with Gasteiger partial charge in [0.25, 0.3) is 5.91 Å². The predicted molar refractivity (Wildman–Crippen MR) is 148 cm³/mol. The van der Waals surface area contributed by atoms with Crippen LogP contribution >= 0.6 is 0 Å². The molecule has 0 aliphatic carbocycles. The minimum Gasteiger partial charge on any atom is -0.382 e. The van der Waals surface area contributed by atoms with Crippen LogP contribution in [-0.4, -0.2) is 53.2 Å². The fourth-order valence-electron chi connectivity index (χ4n) is 3.85. The first-order valence-corrected chi connectivity index (χ1v) is 12.2. The van der Waals surface area contributed by atoms with Crippen LogP contribution in [0.2, 0.25) is 0 Å². The van der Waals surface area contributed by atoms with Crippen molar-refractivity contribution in [1.29, 1.82) is 0 Å². The lowest BCUT2D eigenvalue weighted by Crippen LogP contribution is -2.37. The Kier molecular flexibility index (Phi) is 7.58. The van der Waals surface area contributed by atoms with Crippen LogP contribution in [0.3, 0.4) is 0 Å². The maximum Gasteiger partial charge on any atom is 0.256 e. The summed E-state index contributed by atoms with van der Waals surface area (Å²) >= 11 is 0. The predicted octanol–water partition coefficient (Wildman–Crippen LogP) is 4.09. The number of amides is 1. The van der Waals surface area contributed by atoms with Gasteiger partial charge in [-0.15, -0.1) is 0 Å². The molecular formula is C27H34N8O2. The van der Waals surface area contributed by atoms with Crippen molar-refractivity contribution < 1.29 is 9.53 Å². The first-order chi connectivity index (χ1) is 17.7. The third kappa shape index (κ3) is 6.15. The number of rotatable bonds is 7. The lowest BCUT2D eigenvalue weighted by molar-refractivity contribution is 0.102. The van der Waals surface area contributed by atoms with Gasteiger partial charge >= 0.3 is 0 Å². The molecule has 10 heteroatoms. The second-order valence-corrected chi connectivity index (χ2v) is 9.88. The highest BCUT2D eigenvalue weighted by Gasteiger charge is 2.19. The van der Waals surface area contributed by atoms with E-state index in [-0.39, 0.29) is 17.2 Å². The molecule has 1 amide bonds. The monoisotopic (exact) mass is 502 g/mol. The van der Waals surface area contributed by atoms with Crippen molar-refractivity contribution >= 4 is 34.8 Å². The number of nitrogens with one attached hydrogen (secondary N) is 3. The first kappa shape index (κ1) is 25.9. The summed E-state index contributed by atoms with van der Waals surface area (Å²) in [6.45, 7) is 14.7. The summed E-state index contributed by atoms with van der Waals surface area (Å²) < 4.78 is 5.46. The second-order valence-electron chi connectivity index (χ2n) is 9.88. The topological polar surface area (TPSA) is 134 Å². The summed E-state index contributed by atoms with van der Waals surface area (Å²) in [6.07, 6.45) is 1.57. The molecule has 1 fully saturated rings. The minimum absolute atomic E-state index is 0.105. The van der Waals surface area contributed by atoms with Gasteiger partial charge in [-0.2, -0.15) is 5.10 Å². The van der Waals surface area contributed by atoms with Crippen molar-refractivity contribution in [2.24, 2.45) is 10.7 Å². The molecule has 194 valence electrons. The number of pyridine rings is 1. The van der Waals surface area contributed by atoms with Gasteiger partial charge in [0, 0.05) is 35.8 Å². The van der Waals surface area contributed by atoms with E-state index in [4.69, 9.17) is 15.5 Å². The van der Waals surface area contributed by atoms with E-state index < -0.39 is 0 Å². The average molecular weight is 503 g/mol. The van der Waals surface area contributed by atoms with Crippen LogP contribution < -0.4 is 21.3 Å². The van der Waals surface area contributed by atoms with E-state index in [0.29, 0.717) is 41.7 Å². The molecule has 4 rings (SSSR count). The third-order valence-electron chi connectivity index (χ3n) is 6.06. The van der Waals surface area contributed by atoms with Gasteiger partial charge in [0.1, 0.15) is 11.5 Å². The highest BCUT2D eigenvalue weighted by atomic mass is 16.5. The fraction of sp³-hybridized carbons (Fsp3) is 0.333. The van der Waals surface area contributed by atoms with Gasteiger partial charge in [0.05, 0.1) is 24.6 Å². The number of benzene rings is 1. The van der Waals surface area contributed by atoms with E-state index in [1.165, 1.54) is 0 Å². The Morgan fingerprint density at radius 3 is 2.65 bits per heavy atom. The van der Waals surface area contributed by atoms with Crippen molar-refractivity contribution in [3.05, 3.63) is 71.7 Å². The molecule has 0 unspecified atom stereocenters. The number of nitrogens with two attached hydrogens (primary N) is 1. The molecule has 2 aromatic heterocycles. The number of ether oxygens (including phenoxy) is 1. The van der Waals surface area contributed by atoms with E-state index in [1.54, 1.807) is 18.3 Å². The molecule has 0 radical (unpaired) electrons. The summed E-state index contributed by atoms with van der Waals surface area (Å²) in [7, 11) is 0. The highest BCUT2D eigenvalue weighted by Crippen LogP contribution is 2.26. The number of H-pyrrole nitrogens is 1. The molecule has 3 aromatic rings. The number of aromatic nitrogens is 3. The zero-order valence-electron chi connectivity index (χ0n) is 21.8. The zero-order chi connectivity index (χ0) is 26.6. The number of anilines is 3. The smallest absolute Gasteiger partial charge is 0.256 e. The summed E-state index contributed by atoms with van der Waals surface area (Å²) in [5.74, 6) is 1.19. The number of aliphatic imine (C=N–C) groups is 1. The first-order valence-electron chi connectivity index (χ1n) is 12.2. The number of hydrogen-bond acceptors (Lipinski definition) is 7. The van der Waals surface area contributed by atoms with Crippen molar-refractivity contribution in [3.63, 3.8) is 0 Å². The molecule has 10 nitrogen and oxygen atoms in total. The average Bonchev–Trinajstić information content (AvgIpc) is 3.35. The molecule has 5 N–H and O–H groups in total. The van der Waals surface area contributed by atoms with Crippen molar-refractivity contribution in [2.45, 2.75) is 33.1 Å². The number of carbonyl (C=O) groups excluding carboxylic acids is 1. The van der Waals surface area contributed by atoms with Crippen molar-refractivity contribution in [2.75, 3.05) is 41.8 Å². The Hall–Kier alpha value is -4.18. The Bertz CT molecular complexity index is 1320. The molecule has 1 aromatic carbocycles. The van der Waals surface area contributed by atoms with Crippen LogP contribution in [0.15, 0.2) is 54.2 Å². The fourth-order valence-corrected chi connectivity index (χ4v) is 3.85. The second kappa shape index (κ2) is 10.8. The number of nitrogens with zero attached hydrogens (tertiary/aromatic N) is 4. The highest BCUT2D eigenvalue weighted by molar-refractivity contribution is 6.05. The summed E-state index contributed by atoms with van der Waals surface area (Å²) in [4.78, 5) is 24.6. The van der Waals surface area contributed by atoms with E-state index in [9.17, 15) is 4.79 Å². The van der Waals surface area contributed by atoms with Crippen LogP contribution in [0, 0.1) is 6.92 Å². The number of amidine groups is 1. The standard InChI is InChI=1S/C27H34N8O2/c1-6-29-19-9-10-23(35-11-13-37-14-12-35)32-24(19)25(28)30-20-15-18(8-7-17(20)2)26(36)31-22-16-21(33-34-22)27(3,4)5/h6-10,15-16,29H,1,11-14H2,2-5H3,(H2,28,30)(H2,31,33,34,36). The molecule has 0 saturated carbocycles. The summed E-state index contributed by atoms with van der Waals surface area (Å²) in [6, 6.07) is 11.0. The minimum atomic E-state index is -0.288. The van der Waals surface area contributed by atoms with Crippen molar-refractivity contribution in [1.82, 2.24) is 15.2 Å². The van der Waals surface area contributed by atoms with Gasteiger partial charge in [0.15, 0.2) is 11.7 Å². The lowest BCUT2D eigenvalue weighted by Gasteiger charge is -2.28. The molecule has 1 aliphatic rings. The van der Waals surface area contributed by atoms with Crippen LogP contribution in [0.5, 0.6) is 0 Å². The number of morpholine rings is 1. The number of aryl methyl sites for hydroxylation is 1. The van der Waals surface area contributed by atoms with E-state index in [1.807, 2.05) is 31.2 Å². The SMILES string of the molecule is C=CNc1ccc(N2CCOCC2)nc1C(N)=Nc1cc(C(=O)Nc2cc(C(C)(C)C)[nH]n2)ccc1C. The van der Waals surface area contributed by atoms with Gasteiger partial charge in [0.2, 0.25) is 0 Å². The molecule has 3 heterocycles. The van der Waals surface area contributed by atoms with Crippen LogP contribution in [-0.2, 0) is 10.2 Å². The molecular weight excluding hydrogens is 468 g/mol. The van der Waals surface area contributed by atoms with Crippen LogP contribution in [0.1, 0.15) is 48.1 Å². The number of hydrogen-bond donors (Lipinski definition) is 4. The van der Waals surface area contributed by atoms with Gasteiger partial charge in [-0.3, -0.25) is 9.89 Å². The lowest BCUT2D eigenvalue weighted by atomic mass is 9.92. The Labute approximate surface area is 217 Å². The normalized spacial score (nSPS) is 14.4. The van der Waals surface area contributed by atoms with Gasteiger partial charge in [-0.1, -0.05) is 33.4 Å². The van der Waals surface area contributed by atoms with E-state index in [0.717, 1.165) is 30.2 Å². The number of carbonyl (C=O) groups is 1. The maximum atomic E-state index is 13.0. The van der Waals surface area contributed by atoms with Crippen molar-refractivity contribution in [3.8, 4) is 0 Å². The number of aromatic amines is 1. The molecule has 1 aliphatic heterocycles. The quantitative estimate of drug-likeness (QED) is 0.282. The summed E-state index contributed by atoms with van der Waals surface area (Å²) in [5.41, 5.74) is 10.4. The van der Waals surface area contributed by atoms with Gasteiger partial charge in [-0.05, 0) is 43.0 Å². The summed E-state index contributed by atoms with van der Waals surface area (Å²) in [5, 5.41) is 13.1. The zero-order valence-corrected chi connectivity index (χ0v) is 21.8. The Balaban J connectivity index is 1.61. The molecule has 0 spiro atoms. The largest absolute Gasteiger partial charge is 0.382 e. The molecule has 0 bridgehead atoms. The maximum absolute atomic E-state index is 13.0. The molecule has 1 saturated heterocycles. The van der Waals surface area contributed by atoms with Crippen LogP contribution in [0.25, 0.3) is 0 Å². The molecule has 37 heavy (non-hydrogen) atoms. The van der Waals surface area contributed by atoms with E-state index >= 15 is 0 Å².